The van der Waals surface area contributed by atoms with Crippen LogP contribution < -0.4 is 4.74 Å². The van der Waals surface area contributed by atoms with Gasteiger partial charge in [0.05, 0.1) is 19.1 Å². The van der Waals surface area contributed by atoms with Crippen molar-refractivity contribution in [2.75, 3.05) is 7.11 Å². The maximum absolute atomic E-state index is 5.41. The highest BCUT2D eigenvalue weighted by atomic mass is 16.5. The van der Waals surface area contributed by atoms with Crippen LogP contribution >= 0.6 is 0 Å². The van der Waals surface area contributed by atoms with Crippen LogP contribution in [0.25, 0.3) is 5.69 Å². The lowest BCUT2D eigenvalue weighted by Crippen LogP contribution is -1.97. The van der Waals surface area contributed by atoms with Gasteiger partial charge in [-0.3, -0.25) is 0 Å². The number of nitrogens with zero attached hydrogens (tertiary/aromatic N) is 2. The first-order valence-corrected chi connectivity index (χ1v) is 6.38. The summed E-state index contributed by atoms with van der Waals surface area (Å²) >= 11 is 0. The first kappa shape index (κ1) is 14.3. The third-order valence-corrected chi connectivity index (χ3v) is 2.65. The minimum Gasteiger partial charge on any atom is -0.495 e. The molecule has 0 aliphatic rings. The Kier molecular flexibility index (Phi) is 5.43. The van der Waals surface area contributed by atoms with Gasteiger partial charge in [0.25, 0.3) is 0 Å². The molecule has 0 fully saturated rings. The van der Waals surface area contributed by atoms with Gasteiger partial charge < -0.3 is 9.30 Å². The zero-order valence-electron chi connectivity index (χ0n) is 11.8. The number of imidazole rings is 1. The molecular formula is C15H22N2O. The molecule has 0 aliphatic heterocycles. The van der Waals surface area contributed by atoms with Gasteiger partial charge in [-0.1, -0.05) is 33.8 Å². The molecule has 0 radical (unpaired) electrons. The molecule has 2 aromatic rings. The molecule has 1 heterocycles. The highest BCUT2D eigenvalue weighted by Gasteiger charge is 2.07. The zero-order valence-corrected chi connectivity index (χ0v) is 11.8. The summed E-state index contributed by atoms with van der Waals surface area (Å²) in [6.45, 7) is 8.34. The lowest BCUT2D eigenvalue weighted by Gasteiger charge is -2.12. The highest BCUT2D eigenvalue weighted by molar-refractivity contribution is 5.49. The number of hydrogen-bond acceptors (Lipinski definition) is 2. The fraction of sp³-hybridized carbons (Fsp3) is 0.400. The summed E-state index contributed by atoms with van der Waals surface area (Å²) in [7, 11) is 1.69. The monoisotopic (exact) mass is 246 g/mol. The highest BCUT2D eigenvalue weighted by Crippen LogP contribution is 2.27. The van der Waals surface area contributed by atoms with E-state index in [1.165, 1.54) is 5.56 Å². The predicted molar refractivity (Wildman–Crippen MR) is 75.6 cm³/mol. The van der Waals surface area contributed by atoms with E-state index in [2.05, 4.69) is 37.0 Å². The van der Waals surface area contributed by atoms with Crippen molar-refractivity contribution in [2.24, 2.45) is 0 Å². The minimum atomic E-state index is 0.505. The van der Waals surface area contributed by atoms with Gasteiger partial charge >= 0.3 is 0 Å². The smallest absolute Gasteiger partial charge is 0.143 e. The first-order chi connectivity index (χ1) is 8.72. The summed E-state index contributed by atoms with van der Waals surface area (Å²) in [4.78, 5) is 4.04. The number of rotatable bonds is 3. The molecule has 18 heavy (non-hydrogen) atoms. The van der Waals surface area contributed by atoms with Crippen molar-refractivity contribution in [1.29, 1.82) is 0 Å². The van der Waals surface area contributed by atoms with Crippen LogP contribution in [-0.2, 0) is 0 Å². The fourth-order valence-corrected chi connectivity index (χ4v) is 1.67. The molecule has 2 rings (SSSR count). The molecule has 3 heteroatoms. The van der Waals surface area contributed by atoms with Gasteiger partial charge in [-0.25, -0.2) is 4.98 Å². The van der Waals surface area contributed by atoms with Crippen LogP contribution in [0.5, 0.6) is 5.75 Å². The van der Waals surface area contributed by atoms with E-state index in [-0.39, 0.29) is 0 Å². The Hall–Kier alpha value is -1.77. The molecule has 0 bridgehead atoms. The second-order valence-corrected chi connectivity index (χ2v) is 4.06. The van der Waals surface area contributed by atoms with E-state index < -0.39 is 0 Å². The van der Waals surface area contributed by atoms with Crippen LogP contribution in [0.15, 0.2) is 36.9 Å². The van der Waals surface area contributed by atoms with Crippen molar-refractivity contribution in [3.63, 3.8) is 0 Å². The molecule has 0 atom stereocenters. The fourth-order valence-electron chi connectivity index (χ4n) is 1.67. The van der Waals surface area contributed by atoms with E-state index in [9.17, 15) is 0 Å². The van der Waals surface area contributed by atoms with Crippen LogP contribution in [-0.4, -0.2) is 16.7 Å². The van der Waals surface area contributed by atoms with E-state index in [4.69, 9.17) is 4.74 Å². The van der Waals surface area contributed by atoms with Crippen molar-refractivity contribution < 1.29 is 4.74 Å². The molecule has 0 saturated heterocycles. The lowest BCUT2D eigenvalue weighted by molar-refractivity contribution is 0.412. The molecule has 1 aromatic heterocycles. The quantitative estimate of drug-likeness (QED) is 0.817. The zero-order chi connectivity index (χ0) is 13.5. The second-order valence-electron chi connectivity index (χ2n) is 4.06. The van der Waals surface area contributed by atoms with Crippen LogP contribution in [0.4, 0.5) is 0 Å². The minimum absolute atomic E-state index is 0.505. The third kappa shape index (κ3) is 3.13. The third-order valence-electron chi connectivity index (χ3n) is 2.65. The van der Waals surface area contributed by atoms with Gasteiger partial charge in [0.15, 0.2) is 0 Å². The molecule has 0 amide bonds. The van der Waals surface area contributed by atoms with Crippen LogP contribution in [0, 0.1) is 0 Å². The maximum Gasteiger partial charge on any atom is 0.143 e. The summed E-state index contributed by atoms with van der Waals surface area (Å²) in [5.74, 6) is 1.38. The standard InChI is InChI=1S/C13H16N2O.C2H6/c1-10(2)11-4-5-12(13(8-11)16-3)15-7-6-14-9-15;1-2/h4-10H,1-3H3;1-2H3. The Balaban J connectivity index is 0.000000771. The molecule has 0 unspecified atom stereocenters. The maximum atomic E-state index is 5.41. The van der Waals surface area contributed by atoms with Crippen molar-refractivity contribution in [2.45, 2.75) is 33.6 Å². The van der Waals surface area contributed by atoms with Crippen LogP contribution in [0.2, 0.25) is 0 Å². The predicted octanol–water partition coefficient (Wildman–Crippen LogP) is 4.03. The van der Waals surface area contributed by atoms with Gasteiger partial charge in [0, 0.05) is 12.4 Å². The largest absolute Gasteiger partial charge is 0.495 e. The average molecular weight is 246 g/mol. The normalized spacial score (nSPS) is 9.89. The first-order valence-electron chi connectivity index (χ1n) is 6.38. The van der Waals surface area contributed by atoms with Gasteiger partial charge in [-0.2, -0.15) is 0 Å². The summed E-state index contributed by atoms with van der Waals surface area (Å²) < 4.78 is 7.36. The van der Waals surface area contributed by atoms with E-state index in [1.807, 2.05) is 24.6 Å². The molecule has 3 nitrogen and oxygen atoms in total. The van der Waals surface area contributed by atoms with Crippen molar-refractivity contribution >= 4 is 0 Å². The number of aromatic nitrogens is 2. The molecule has 0 N–H and O–H groups in total. The lowest BCUT2D eigenvalue weighted by atomic mass is 10.0. The molecule has 1 aromatic carbocycles. The molecule has 0 aliphatic carbocycles. The summed E-state index contributed by atoms with van der Waals surface area (Å²) in [6, 6.07) is 6.28. The topological polar surface area (TPSA) is 27.1 Å². The summed E-state index contributed by atoms with van der Waals surface area (Å²) in [6.07, 6.45) is 5.44. The molecule has 0 spiro atoms. The van der Waals surface area contributed by atoms with Crippen molar-refractivity contribution in [3.8, 4) is 11.4 Å². The van der Waals surface area contributed by atoms with Crippen LogP contribution in [0.1, 0.15) is 39.2 Å². The van der Waals surface area contributed by atoms with Gasteiger partial charge in [-0.05, 0) is 23.6 Å². The second kappa shape index (κ2) is 6.84. The van der Waals surface area contributed by atoms with Crippen LogP contribution in [0.3, 0.4) is 0 Å². The Morgan fingerprint density at radius 2 is 1.94 bits per heavy atom. The number of methoxy groups -OCH3 is 1. The van der Waals surface area contributed by atoms with E-state index in [0.717, 1.165) is 11.4 Å². The van der Waals surface area contributed by atoms with Gasteiger partial charge in [-0.15, -0.1) is 0 Å². The Bertz CT molecular complexity index is 461. The Morgan fingerprint density at radius 3 is 2.44 bits per heavy atom. The molecule has 0 saturated carbocycles. The Labute approximate surface area is 109 Å². The van der Waals surface area contributed by atoms with E-state index >= 15 is 0 Å². The number of benzene rings is 1. The summed E-state index contributed by atoms with van der Waals surface area (Å²) in [5.41, 5.74) is 2.30. The van der Waals surface area contributed by atoms with E-state index in [1.54, 1.807) is 19.6 Å². The summed E-state index contributed by atoms with van der Waals surface area (Å²) in [5, 5.41) is 0. The van der Waals surface area contributed by atoms with Gasteiger partial charge in [0.2, 0.25) is 0 Å². The van der Waals surface area contributed by atoms with E-state index in [0.29, 0.717) is 5.92 Å². The average Bonchev–Trinajstić information content (AvgIpc) is 2.94. The SMILES string of the molecule is CC.COc1cc(C(C)C)ccc1-n1ccnc1. The molecule has 98 valence electrons. The molecular weight excluding hydrogens is 224 g/mol. The van der Waals surface area contributed by atoms with Crippen molar-refractivity contribution in [1.82, 2.24) is 9.55 Å². The Morgan fingerprint density at radius 1 is 1.22 bits per heavy atom. The van der Waals surface area contributed by atoms with Crippen molar-refractivity contribution in [3.05, 3.63) is 42.5 Å². The number of ether oxygens (including phenoxy) is 1. The van der Waals surface area contributed by atoms with Gasteiger partial charge in [0.1, 0.15) is 5.75 Å². The number of hydrogen-bond donors (Lipinski definition) is 0.